The Morgan fingerprint density at radius 2 is 1.61 bits per heavy atom. The van der Waals surface area contributed by atoms with Crippen LogP contribution in [-0.2, 0) is 17.6 Å². The fraction of sp³-hybridized carbons (Fsp3) is 0.458. The van der Waals surface area contributed by atoms with Crippen molar-refractivity contribution >= 4 is 24.0 Å². The molecule has 0 spiro atoms. The smallest absolute Gasteiger partial charge is 0.226 e. The van der Waals surface area contributed by atoms with E-state index in [9.17, 15) is 4.79 Å². The first-order valence-corrected chi connectivity index (χ1v) is 10.4. The summed E-state index contributed by atoms with van der Waals surface area (Å²) >= 11 is 0. The summed E-state index contributed by atoms with van der Waals surface area (Å²) < 4.78 is 0. The molecule has 1 aliphatic heterocycles. The summed E-state index contributed by atoms with van der Waals surface area (Å²) in [5.74, 6) is 0.242. The number of piperidine rings is 1. The second-order valence-electron chi connectivity index (χ2n) is 7.89. The van der Waals surface area contributed by atoms with Crippen molar-refractivity contribution < 1.29 is 4.79 Å². The number of para-hydroxylation sites is 1. The van der Waals surface area contributed by atoms with Crippen molar-refractivity contribution in [2.24, 2.45) is 0 Å². The molecule has 4 rings (SSSR count). The van der Waals surface area contributed by atoms with Gasteiger partial charge < -0.3 is 4.90 Å². The number of rotatable bonds is 4. The molecule has 0 radical (unpaired) electrons. The number of fused-ring (bicyclic) bond motifs is 1. The van der Waals surface area contributed by atoms with E-state index in [0.717, 1.165) is 31.6 Å². The first kappa shape index (κ1) is 20.9. The van der Waals surface area contributed by atoms with Crippen LogP contribution < -0.4 is 4.90 Å². The third-order valence-corrected chi connectivity index (χ3v) is 6.31. The van der Waals surface area contributed by atoms with Crippen molar-refractivity contribution in [1.29, 1.82) is 0 Å². The van der Waals surface area contributed by atoms with Crippen molar-refractivity contribution in [2.45, 2.75) is 57.5 Å². The highest BCUT2D eigenvalue weighted by molar-refractivity contribution is 5.93. The maximum absolute atomic E-state index is 12.6. The zero-order valence-electron chi connectivity index (χ0n) is 16.7. The molecule has 2 aromatic carbocycles. The molecule has 1 heterocycles. The third-order valence-electron chi connectivity index (χ3n) is 6.31. The quantitative estimate of drug-likeness (QED) is 0.733. The van der Waals surface area contributed by atoms with Gasteiger partial charge in [0.2, 0.25) is 5.91 Å². The van der Waals surface area contributed by atoms with Crippen LogP contribution >= 0.6 is 12.4 Å². The van der Waals surface area contributed by atoms with Crippen molar-refractivity contribution in [2.75, 3.05) is 18.0 Å². The van der Waals surface area contributed by atoms with Crippen LogP contribution in [0, 0.1) is 0 Å². The van der Waals surface area contributed by atoms with Gasteiger partial charge in [-0.2, -0.15) is 0 Å². The number of nitrogens with zero attached hydrogens (tertiary/aromatic N) is 2. The van der Waals surface area contributed by atoms with Crippen LogP contribution in [0.15, 0.2) is 54.6 Å². The largest absolute Gasteiger partial charge is 0.309 e. The average molecular weight is 399 g/mol. The van der Waals surface area contributed by atoms with E-state index < -0.39 is 0 Å². The van der Waals surface area contributed by atoms with E-state index in [0.29, 0.717) is 18.5 Å². The Labute approximate surface area is 175 Å². The predicted molar refractivity (Wildman–Crippen MR) is 118 cm³/mol. The highest BCUT2D eigenvalue weighted by Crippen LogP contribution is 2.29. The van der Waals surface area contributed by atoms with Crippen LogP contribution in [0.1, 0.15) is 43.7 Å². The van der Waals surface area contributed by atoms with Gasteiger partial charge in [0, 0.05) is 37.3 Å². The number of hydrogen-bond donors (Lipinski definition) is 0. The number of anilines is 1. The Bertz CT molecular complexity index is 771. The van der Waals surface area contributed by atoms with Gasteiger partial charge in [-0.05, 0) is 55.4 Å². The fourth-order valence-corrected chi connectivity index (χ4v) is 4.82. The number of hydrogen-bond acceptors (Lipinski definition) is 2. The zero-order valence-corrected chi connectivity index (χ0v) is 17.5. The summed E-state index contributed by atoms with van der Waals surface area (Å²) in [5.41, 5.74) is 4.12. The first-order valence-electron chi connectivity index (χ1n) is 10.4. The normalized spacial score (nSPS) is 20.1. The van der Waals surface area contributed by atoms with Crippen LogP contribution in [0.4, 0.5) is 5.69 Å². The second-order valence-corrected chi connectivity index (χ2v) is 7.89. The topological polar surface area (TPSA) is 23.6 Å². The molecule has 1 amide bonds. The van der Waals surface area contributed by atoms with E-state index in [1.165, 1.54) is 30.4 Å². The number of amides is 1. The summed E-state index contributed by atoms with van der Waals surface area (Å²) in [7, 11) is 0. The van der Waals surface area contributed by atoms with Crippen LogP contribution in [0.3, 0.4) is 0 Å². The third kappa shape index (κ3) is 4.42. The fourth-order valence-electron chi connectivity index (χ4n) is 4.82. The summed E-state index contributed by atoms with van der Waals surface area (Å²) in [6.07, 6.45) is 6.34. The van der Waals surface area contributed by atoms with Crippen LogP contribution in [0.25, 0.3) is 0 Å². The van der Waals surface area contributed by atoms with E-state index in [1.54, 1.807) is 0 Å². The molecule has 28 heavy (non-hydrogen) atoms. The number of carbonyl (C=O) groups is 1. The molecule has 3 nitrogen and oxygen atoms in total. The van der Waals surface area contributed by atoms with E-state index in [2.05, 4.69) is 46.2 Å². The zero-order chi connectivity index (χ0) is 18.6. The highest BCUT2D eigenvalue weighted by Gasteiger charge is 2.32. The number of aryl methyl sites for hydroxylation is 1. The lowest BCUT2D eigenvalue weighted by atomic mass is 9.86. The highest BCUT2D eigenvalue weighted by atomic mass is 35.5. The molecular weight excluding hydrogens is 368 g/mol. The van der Waals surface area contributed by atoms with Gasteiger partial charge in [-0.1, -0.05) is 49.4 Å². The summed E-state index contributed by atoms with van der Waals surface area (Å²) in [4.78, 5) is 17.4. The molecule has 1 atom stereocenters. The van der Waals surface area contributed by atoms with Gasteiger partial charge in [-0.15, -0.1) is 12.4 Å². The molecule has 150 valence electrons. The Balaban J connectivity index is 0.00000225. The van der Waals surface area contributed by atoms with Gasteiger partial charge in [0.1, 0.15) is 0 Å². The monoisotopic (exact) mass is 398 g/mol. The molecule has 1 fully saturated rings. The molecule has 4 heteroatoms. The SMILES string of the molecule is CCC(=O)N(c1ccccc1)C1CCN(C2CCc3ccccc3C2)CC1.Cl. The maximum atomic E-state index is 12.6. The van der Waals surface area contributed by atoms with Crippen molar-refractivity contribution in [3.8, 4) is 0 Å². The van der Waals surface area contributed by atoms with Crippen LogP contribution in [0.2, 0.25) is 0 Å². The molecule has 1 saturated heterocycles. The van der Waals surface area contributed by atoms with E-state index in [1.807, 2.05) is 25.1 Å². The molecular formula is C24H31ClN2O. The van der Waals surface area contributed by atoms with E-state index in [-0.39, 0.29) is 18.3 Å². The molecule has 2 aromatic rings. The Kier molecular flexibility index (Phi) is 7.14. The number of benzene rings is 2. The van der Waals surface area contributed by atoms with Gasteiger partial charge >= 0.3 is 0 Å². The number of carbonyl (C=O) groups excluding carboxylic acids is 1. The Morgan fingerprint density at radius 3 is 2.29 bits per heavy atom. The molecule has 0 saturated carbocycles. The second kappa shape index (κ2) is 9.58. The molecule has 0 N–H and O–H groups in total. The van der Waals surface area contributed by atoms with Gasteiger partial charge in [0.25, 0.3) is 0 Å². The minimum Gasteiger partial charge on any atom is -0.309 e. The van der Waals surface area contributed by atoms with E-state index in [4.69, 9.17) is 0 Å². The van der Waals surface area contributed by atoms with Gasteiger partial charge in [0.05, 0.1) is 0 Å². The predicted octanol–water partition coefficient (Wildman–Crippen LogP) is 4.87. The Morgan fingerprint density at radius 1 is 0.964 bits per heavy atom. The summed E-state index contributed by atoms with van der Waals surface area (Å²) in [6, 6.07) is 20.1. The number of likely N-dealkylation sites (tertiary alicyclic amines) is 1. The van der Waals surface area contributed by atoms with Gasteiger partial charge in [-0.3, -0.25) is 9.69 Å². The molecule has 1 aliphatic carbocycles. The van der Waals surface area contributed by atoms with E-state index >= 15 is 0 Å². The van der Waals surface area contributed by atoms with Crippen LogP contribution in [0.5, 0.6) is 0 Å². The lowest BCUT2D eigenvalue weighted by Gasteiger charge is -2.42. The van der Waals surface area contributed by atoms with Crippen LogP contribution in [-0.4, -0.2) is 36.0 Å². The lowest BCUT2D eigenvalue weighted by Crippen LogP contribution is -2.51. The molecule has 0 aromatic heterocycles. The summed E-state index contributed by atoms with van der Waals surface area (Å²) in [6.45, 7) is 4.16. The first-order chi connectivity index (χ1) is 13.3. The average Bonchev–Trinajstić information content (AvgIpc) is 2.74. The minimum absolute atomic E-state index is 0. The van der Waals surface area contributed by atoms with Crippen molar-refractivity contribution in [3.05, 3.63) is 65.7 Å². The van der Waals surface area contributed by atoms with Gasteiger partial charge in [0.15, 0.2) is 0 Å². The van der Waals surface area contributed by atoms with Gasteiger partial charge in [-0.25, -0.2) is 0 Å². The molecule has 1 unspecified atom stereocenters. The maximum Gasteiger partial charge on any atom is 0.226 e. The minimum atomic E-state index is 0. The van der Waals surface area contributed by atoms with Crippen molar-refractivity contribution in [3.63, 3.8) is 0 Å². The summed E-state index contributed by atoms with van der Waals surface area (Å²) in [5, 5.41) is 0. The standard InChI is InChI=1S/C24H30N2O.ClH/c1-2-24(27)26(21-10-4-3-5-11-21)22-14-16-25(17-15-22)23-13-12-19-8-6-7-9-20(19)18-23;/h3-11,22-23H,2,12-18H2,1H3;1H. The molecule has 2 aliphatic rings. The number of halogens is 1. The van der Waals surface area contributed by atoms with Crippen molar-refractivity contribution in [1.82, 2.24) is 4.90 Å². The lowest BCUT2D eigenvalue weighted by molar-refractivity contribution is -0.119. The Hall–Kier alpha value is -1.84. The molecule has 0 bridgehead atoms.